The molecule has 2 N–H and O–H groups in total. The van der Waals surface area contributed by atoms with Gasteiger partial charge in [-0.2, -0.15) is 0 Å². The summed E-state index contributed by atoms with van der Waals surface area (Å²) in [6.45, 7) is 0.329. The van der Waals surface area contributed by atoms with Crippen LogP contribution in [0.3, 0.4) is 0 Å². The van der Waals surface area contributed by atoms with Gasteiger partial charge in [-0.1, -0.05) is 63.9 Å². The molecule has 0 spiro atoms. The van der Waals surface area contributed by atoms with Gasteiger partial charge in [-0.15, -0.1) is 0 Å². The zero-order valence-corrected chi connectivity index (χ0v) is 28.8. The number of carbonyl (C=O) groups is 2. The summed E-state index contributed by atoms with van der Waals surface area (Å²) in [7, 11) is 0. The lowest BCUT2D eigenvalue weighted by molar-refractivity contribution is -0.384. The number of non-ortho nitro benzene ring substituents is 1. The van der Waals surface area contributed by atoms with Gasteiger partial charge in [0.25, 0.3) is 11.6 Å². The number of nitro groups is 1. The molecule has 2 atom stereocenters. The summed E-state index contributed by atoms with van der Waals surface area (Å²) in [6.07, 6.45) is 2.49. The number of carbonyl (C=O) groups excluding carboxylic acids is 2. The zero-order chi connectivity index (χ0) is 35.2. The van der Waals surface area contributed by atoms with Gasteiger partial charge >= 0.3 is 0 Å². The van der Waals surface area contributed by atoms with Gasteiger partial charge in [0.1, 0.15) is 0 Å². The molecule has 0 unspecified atom stereocenters. The number of aliphatic hydroxyl groups excluding tert-OH is 1. The summed E-state index contributed by atoms with van der Waals surface area (Å²) < 4.78 is 22.6. The van der Waals surface area contributed by atoms with Gasteiger partial charge in [-0.3, -0.25) is 19.7 Å². The van der Waals surface area contributed by atoms with Gasteiger partial charge in [0.15, 0.2) is 23.0 Å². The van der Waals surface area contributed by atoms with E-state index in [0.717, 1.165) is 17.2 Å². The fourth-order valence-electron chi connectivity index (χ4n) is 5.53. The number of amides is 2. The lowest BCUT2D eigenvalue weighted by Gasteiger charge is -2.30. The largest absolute Gasteiger partial charge is 0.454 e. The average molecular weight is 765 g/mol. The van der Waals surface area contributed by atoms with Gasteiger partial charge in [0.2, 0.25) is 19.5 Å². The summed E-state index contributed by atoms with van der Waals surface area (Å²) in [5, 5.41) is 25.6. The number of halogens is 2. The van der Waals surface area contributed by atoms with E-state index >= 15 is 0 Å². The molecule has 0 aromatic heterocycles. The number of nitrogens with zero attached hydrogens (tertiary/aromatic N) is 2. The second-order valence-electron chi connectivity index (χ2n) is 11.5. The third-order valence-electron chi connectivity index (χ3n) is 8.21. The van der Waals surface area contributed by atoms with Crippen LogP contribution in [0.4, 0.5) is 5.69 Å². The molecule has 0 aliphatic carbocycles. The Balaban J connectivity index is 1.24. The molecular weight excluding hydrogens is 734 g/mol. The highest BCUT2D eigenvalue weighted by Gasteiger charge is 2.28. The molecule has 0 radical (unpaired) electrons. The van der Waals surface area contributed by atoms with Crippen molar-refractivity contribution in [3.05, 3.63) is 127 Å². The number of rotatable bonds is 13. The van der Waals surface area contributed by atoms with Crippen LogP contribution in [0.5, 0.6) is 23.0 Å². The topological polar surface area (TPSA) is 150 Å². The smallest absolute Gasteiger partial charge is 0.270 e. The van der Waals surface area contributed by atoms with Crippen LogP contribution < -0.4 is 24.3 Å². The third kappa shape index (κ3) is 8.36. The van der Waals surface area contributed by atoms with Gasteiger partial charge in [0, 0.05) is 35.8 Å². The quantitative estimate of drug-likeness (QED) is 0.0957. The minimum absolute atomic E-state index is 0.00973. The van der Waals surface area contributed by atoms with Crippen LogP contribution in [0.2, 0.25) is 5.02 Å². The van der Waals surface area contributed by atoms with Crippen LogP contribution in [-0.2, 0) is 17.6 Å². The number of nitro benzene ring substituents is 1. The second-order valence-corrected chi connectivity index (χ2v) is 12.8. The molecule has 4 aromatic carbocycles. The number of ether oxygens (including phenoxy) is 4. The van der Waals surface area contributed by atoms with Crippen LogP contribution in [0.15, 0.2) is 89.4 Å². The van der Waals surface area contributed by atoms with E-state index in [4.69, 9.17) is 30.5 Å². The second kappa shape index (κ2) is 15.6. The molecule has 0 saturated carbocycles. The summed E-state index contributed by atoms with van der Waals surface area (Å²) in [6, 6.07) is 21.0. The maximum atomic E-state index is 13.8. The Morgan fingerprint density at radius 2 is 1.64 bits per heavy atom. The van der Waals surface area contributed by atoms with E-state index in [1.165, 1.54) is 23.1 Å². The van der Waals surface area contributed by atoms with E-state index in [1.807, 2.05) is 48.5 Å². The van der Waals surface area contributed by atoms with E-state index < -0.39 is 23.0 Å². The monoisotopic (exact) mass is 763 g/mol. The van der Waals surface area contributed by atoms with Crippen molar-refractivity contribution < 1.29 is 38.6 Å². The highest BCUT2D eigenvalue weighted by atomic mass is 79.9. The van der Waals surface area contributed by atoms with Crippen LogP contribution in [0.25, 0.3) is 6.08 Å². The predicted octanol–water partition coefficient (Wildman–Crippen LogP) is 5.95. The number of hydrogen-bond acceptors (Lipinski definition) is 9. The summed E-state index contributed by atoms with van der Waals surface area (Å²) >= 11 is 9.77. The normalized spacial score (nSPS) is 14.0. The Kier molecular flexibility index (Phi) is 10.9. The molecule has 14 heteroatoms. The fraction of sp³-hybridized carbons (Fsp3) is 0.222. The maximum absolute atomic E-state index is 13.8. The molecule has 0 fully saturated rings. The van der Waals surface area contributed by atoms with Crippen molar-refractivity contribution >= 4 is 51.1 Å². The zero-order valence-electron chi connectivity index (χ0n) is 26.4. The molecule has 0 bridgehead atoms. The van der Waals surface area contributed by atoms with Gasteiger partial charge in [0.05, 0.1) is 27.7 Å². The van der Waals surface area contributed by atoms with E-state index in [1.54, 1.807) is 18.2 Å². The highest BCUT2D eigenvalue weighted by Crippen LogP contribution is 2.37. The van der Waals surface area contributed by atoms with Gasteiger partial charge < -0.3 is 34.3 Å². The van der Waals surface area contributed by atoms with Crippen LogP contribution in [-0.4, -0.2) is 65.6 Å². The highest BCUT2D eigenvalue weighted by molar-refractivity contribution is 9.10. The molecule has 2 aliphatic rings. The first-order valence-corrected chi connectivity index (χ1v) is 16.7. The van der Waals surface area contributed by atoms with Crippen LogP contribution >= 0.6 is 27.5 Å². The Morgan fingerprint density at radius 3 is 2.36 bits per heavy atom. The standard InChI is InChI=1S/C36H31BrClN3O9/c37-27-18-34-33(49-21-50-34)16-24(27)7-11-35(43)40(13-12-23-6-10-31-32(15-23)48-20-47-31)19-30(42)29(14-22-4-2-1-3-5-22)39-36(44)26-9-8-25(41(45)46)17-28(26)38/h1-11,15-18,29-30,42H,12-14,19-21H2,(H,39,44)/t29-,30-/m0/s1. The molecular formula is C36H31BrClN3O9. The molecule has 4 aromatic rings. The summed E-state index contributed by atoms with van der Waals surface area (Å²) in [5.74, 6) is 1.40. The van der Waals surface area contributed by atoms with Crippen molar-refractivity contribution in [1.82, 2.24) is 10.2 Å². The minimum atomic E-state index is -1.23. The Labute approximate surface area is 300 Å². The molecule has 2 amide bonds. The molecule has 2 heterocycles. The van der Waals surface area contributed by atoms with Crippen LogP contribution in [0.1, 0.15) is 27.0 Å². The first-order valence-electron chi connectivity index (χ1n) is 15.6. The first-order chi connectivity index (χ1) is 24.1. The molecule has 2 aliphatic heterocycles. The summed E-state index contributed by atoms with van der Waals surface area (Å²) in [5.41, 5.74) is 2.16. The molecule has 0 saturated heterocycles. The first kappa shape index (κ1) is 34.7. The SMILES string of the molecule is O=C(N[C@@H](Cc1ccccc1)[C@@H](O)CN(CCc1ccc2c(c1)OCO2)C(=O)C=Cc1cc2c(cc1Br)OCO2)c1ccc([N+](=O)[O-])cc1Cl. The number of fused-ring (bicyclic) bond motifs is 2. The lowest BCUT2D eigenvalue weighted by atomic mass is 9.99. The maximum Gasteiger partial charge on any atom is 0.270 e. The van der Waals surface area contributed by atoms with Gasteiger partial charge in [-0.25, -0.2) is 0 Å². The van der Waals surface area contributed by atoms with Crippen LogP contribution in [0, 0.1) is 10.1 Å². The predicted molar refractivity (Wildman–Crippen MR) is 188 cm³/mol. The van der Waals surface area contributed by atoms with Crippen molar-refractivity contribution in [1.29, 1.82) is 0 Å². The fourth-order valence-corrected chi connectivity index (χ4v) is 6.25. The van der Waals surface area contributed by atoms with E-state index in [9.17, 15) is 24.8 Å². The van der Waals surface area contributed by atoms with Crippen molar-refractivity contribution in [2.45, 2.75) is 25.0 Å². The number of benzene rings is 4. The van der Waals surface area contributed by atoms with Gasteiger partial charge in [-0.05, 0) is 65.9 Å². The minimum Gasteiger partial charge on any atom is -0.454 e. The molecule has 6 rings (SSSR count). The molecule has 258 valence electrons. The van der Waals surface area contributed by atoms with Crippen molar-refractivity contribution in [3.63, 3.8) is 0 Å². The Morgan fingerprint density at radius 1 is 0.940 bits per heavy atom. The Hall–Kier alpha value is -5.11. The van der Waals surface area contributed by atoms with E-state index in [2.05, 4.69) is 21.2 Å². The van der Waals surface area contributed by atoms with Crippen molar-refractivity contribution in [3.8, 4) is 23.0 Å². The van der Waals surface area contributed by atoms with E-state index in [-0.39, 0.29) is 55.3 Å². The van der Waals surface area contributed by atoms with Crippen molar-refractivity contribution in [2.24, 2.45) is 0 Å². The lowest BCUT2D eigenvalue weighted by Crippen LogP contribution is -2.50. The van der Waals surface area contributed by atoms with E-state index in [0.29, 0.717) is 39.5 Å². The third-order valence-corrected chi connectivity index (χ3v) is 9.21. The van der Waals surface area contributed by atoms with Crippen molar-refractivity contribution in [2.75, 3.05) is 26.7 Å². The number of nitrogens with one attached hydrogen (secondary N) is 1. The number of hydrogen-bond donors (Lipinski definition) is 2. The Bertz CT molecular complexity index is 1940. The summed E-state index contributed by atoms with van der Waals surface area (Å²) in [4.78, 5) is 39.3. The molecule has 12 nitrogen and oxygen atoms in total. The average Bonchev–Trinajstić information content (AvgIpc) is 3.77. The molecule has 50 heavy (non-hydrogen) atoms. The number of aliphatic hydroxyl groups is 1.